The number of carbonyl (C=O) groups excluding carboxylic acids is 1. The Balaban J connectivity index is 2.20. The van der Waals surface area contributed by atoms with Crippen LogP contribution in [0.2, 0.25) is 0 Å². The van der Waals surface area contributed by atoms with Crippen molar-refractivity contribution in [3.8, 4) is 11.5 Å². The van der Waals surface area contributed by atoms with Crippen LogP contribution in [-0.2, 0) is 4.74 Å². The summed E-state index contributed by atoms with van der Waals surface area (Å²) >= 11 is 0. The number of carbonyl (C=O) groups is 1. The average Bonchev–Trinajstić information content (AvgIpc) is 2.48. The number of rotatable bonds is 5. The molecule has 2 unspecified atom stereocenters. The molecule has 1 heterocycles. The lowest BCUT2D eigenvalue weighted by Gasteiger charge is -2.35. The SMILES string of the molecule is CCOc1ccc(C(=O)N2CC(C)OC(C)C2)cc1OCC. The van der Waals surface area contributed by atoms with Crippen LogP contribution in [0.15, 0.2) is 18.2 Å². The highest BCUT2D eigenvalue weighted by Gasteiger charge is 2.27. The van der Waals surface area contributed by atoms with E-state index in [-0.39, 0.29) is 18.1 Å². The van der Waals surface area contributed by atoms with Crippen LogP contribution < -0.4 is 9.47 Å². The summed E-state index contributed by atoms with van der Waals surface area (Å²) in [7, 11) is 0. The summed E-state index contributed by atoms with van der Waals surface area (Å²) in [5.41, 5.74) is 0.619. The average molecular weight is 307 g/mol. The Bertz CT molecular complexity index is 507. The lowest BCUT2D eigenvalue weighted by atomic mass is 10.1. The van der Waals surface area contributed by atoms with Crippen molar-refractivity contribution in [3.63, 3.8) is 0 Å². The van der Waals surface area contributed by atoms with E-state index in [1.54, 1.807) is 18.2 Å². The minimum Gasteiger partial charge on any atom is -0.490 e. The van der Waals surface area contributed by atoms with Crippen molar-refractivity contribution in [2.75, 3.05) is 26.3 Å². The van der Waals surface area contributed by atoms with Crippen molar-refractivity contribution in [1.82, 2.24) is 4.90 Å². The highest BCUT2D eigenvalue weighted by atomic mass is 16.5. The van der Waals surface area contributed by atoms with Gasteiger partial charge in [-0.15, -0.1) is 0 Å². The second-order valence-electron chi connectivity index (χ2n) is 5.49. The van der Waals surface area contributed by atoms with Gasteiger partial charge in [-0.3, -0.25) is 4.79 Å². The predicted octanol–water partition coefficient (Wildman–Crippen LogP) is 2.73. The molecule has 5 nitrogen and oxygen atoms in total. The van der Waals surface area contributed by atoms with Gasteiger partial charge in [0.15, 0.2) is 11.5 Å². The van der Waals surface area contributed by atoms with Crippen LogP contribution in [0, 0.1) is 0 Å². The van der Waals surface area contributed by atoms with Gasteiger partial charge in [0.2, 0.25) is 0 Å². The van der Waals surface area contributed by atoms with Gasteiger partial charge in [-0.05, 0) is 45.9 Å². The topological polar surface area (TPSA) is 48.0 Å². The summed E-state index contributed by atoms with van der Waals surface area (Å²) in [5, 5.41) is 0. The molecule has 1 aromatic carbocycles. The first-order valence-electron chi connectivity index (χ1n) is 7.89. The number of nitrogens with zero attached hydrogens (tertiary/aromatic N) is 1. The van der Waals surface area contributed by atoms with Gasteiger partial charge >= 0.3 is 0 Å². The van der Waals surface area contributed by atoms with Crippen molar-refractivity contribution in [3.05, 3.63) is 23.8 Å². The molecule has 22 heavy (non-hydrogen) atoms. The molecule has 1 aliphatic rings. The van der Waals surface area contributed by atoms with Crippen LogP contribution in [0.25, 0.3) is 0 Å². The molecule has 2 rings (SSSR count). The standard InChI is InChI=1S/C17H25NO4/c1-5-20-15-8-7-14(9-16(15)21-6-2)17(19)18-10-12(3)22-13(4)11-18/h7-9,12-13H,5-6,10-11H2,1-4H3. The van der Waals surface area contributed by atoms with Gasteiger partial charge in [0, 0.05) is 18.7 Å². The Hall–Kier alpha value is -1.75. The maximum absolute atomic E-state index is 12.7. The van der Waals surface area contributed by atoms with E-state index in [1.807, 2.05) is 32.6 Å². The largest absolute Gasteiger partial charge is 0.490 e. The fourth-order valence-electron chi connectivity index (χ4n) is 2.71. The van der Waals surface area contributed by atoms with Crippen LogP contribution in [-0.4, -0.2) is 49.3 Å². The molecule has 1 aliphatic heterocycles. The first-order chi connectivity index (χ1) is 10.5. The van der Waals surface area contributed by atoms with Gasteiger partial charge in [0.1, 0.15) is 0 Å². The zero-order chi connectivity index (χ0) is 16.1. The summed E-state index contributed by atoms with van der Waals surface area (Å²) in [4.78, 5) is 14.5. The van der Waals surface area contributed by atoms with Gasteiger partial charge in [0.05, 0.1) is 25.4 Å². The molecular weight excluding hydrogens is 282 g/mol. The number of benzene rings is 1. The summed E-state index contributed by atoms with van der Waals surface area (Å²) in [5.74, 6) is 1.29. The Morgan fingerprint density at radius 1 is 1.14 bits per heavy atom. The van der Waals surface area contributed by atoms with Gasteiger partial charge in [-0.1, -0.05) is 0 Å². The molecule has 5 heteroatoms. The summed E-state index contributed by atoms with van der Waals surface area (Å²) in [6.45, 7) is 10.1. The zero-order valence-electron chi connectivity index (χ0n) is 13.8. The molecule has 0 aliphatic carbocycles. The molecule has 1 saturated heterocycles. The number of hydrogen-bond acceptors (Lipinski definition) is 4. The van der Waals surface area contributed by atoms with E-state index in [0.717, 1.165) is 0 Å². The third-order valence-corrected chi connectivity index (χ3v) is 3.50. The van der Waals surface area contributed by atoms with Gasteiger partial charge in [-0.2, -0.15) is 0 Å². The number of ether oxygens (including phenoxy) is 3. The zero-order valence-corrected chi connectivity index (χ0v) is 13.8. The molecular formula is C17H25NO4. The summed E-state index contributed by atoms with van der Waals surface area (Å²) < 4.78 is 16.8. The molecule has 0 spiro atoms. The van der Waals surface area contributed by atoms with E-state index < -0.39 is 0 Å². The molecule has 0 saturated carbocycles. The summed E-state index contributed by atoms with van der Waals surface area (Å²) in [6, 6.07) is 5.36. The molecule has 1 amide bonds. The van der Waals surface area contributed by atoms with Crippen molar-refractivity contribution in [2.45, 2.75) is 39.9 Å². The van der Waals surface area contributed by atoms with Crippen molar-refractivity contribution in [1.29, 1.82) is 0 Å². The normalized spacial score (nSPS) is 21.5. The van der Waals surface area contributed by atoms with Crippen LogP contribution in [0.5, 0.6) is 11.5 Å². The number of hydrogen-bond donors (Lipinski definition) is 0. The maximum atomic E-state index is 12.7. The third kappa shape index (κ3) is 3.91. The Kier molecular flexibility index (Phi) is 5.66. The lowest BCUT2D eigenvalue weighted by Crippen LogP contribution is -2.48. The quantitative estimate of drug-likeness (QED) is 0.839. The first kappa shape index (κ1) is 16.6. The first-order valence-corrected chi connectivity index (χ1v) is 7.89. The number of morpholine rings is 1. The van der Waals surface area contributed by atoms with E-state index in [1.165, 1.54) is 0 Å². The van der Waals surface area contributed by atoms with E-state index in [0.29, 0.717) is 43.4 Å². The fraction of sp³-hybridized carbons (Fsp3) is 0.588. The Morgan fingerprint density at radius 2 is 1.73 bits per heavy atom. The minimum atomic E-state index is 0.00556. The van der Waals surface area contributed by atoms with E-state index in [2.05, 4.69) is 0 Å². The molecule has 1 aromatic rings. The maximum Gasteiger partial charge on any atom is 0.254 e. The second-order valence-corrected chi connectivity index (χ2v) is 5.49. The highest BCUT2D eigenvalue weighted by Crippen LogP contribution is 2.29. The van der Waals surface area contributed by atoms with Crippen LogP contribution in [0.1, 0.15) is 38.1 Å². The predicted molar refractivity (Wildman–Crippen MR) is 84.7 cm³/mol. The molecule has 122 valence electrons. The molecule has 2 atom stereocenters. The molecule has 0 bridgehead atoms. The van der Waals surface area contributed by atoms with E-state index in [4.69, 9.17) is 14.2 Å². The lowest BCUT2D eigenvalue weighted by molar-refractivity contribution is -0.0586. The Labute approximate surface area is 132 Å². The van der Waals surface area contributed by atoms with Gasteiger partial charge < -0.3 is 19.1 Å². The van der Waals surface area contributed by atoms with Crippen molar-refractivity contribution < 1.29 is 19.0 Å². The fourth-order valence-corrected chi connectivity index (χ4v) is 2.71. The van der Waals surface area contributed by atoms with E-state index in [9.17, 15) is 4.79 Å². The van der Waals surface area contributed by atoms with E-state index >= 15 is 0 Å². The third-order valence-electron chi connectivity index (χ3n) is 3.50. The number of amides is 1. The van der Waals surface area contributed by atoms with Crippen molar-refractivity contribution in [2.24, 2.45) is 0 Å². The molecule has 1 fully saturated rings. The molecule has 0 N–H and O–H groups in total. The smallest absolute Gasteiger partial charge is 0.254 e. The molecule has 0 aromatic heterocycles. The summed E-state index contributed by atoms with van der Waals surface area (Å²) in [6.07, 6.45) is 0.114. The van der Waals surface area contributed by atoms with Crippen LogP contribution >= 0.6 is 0 Å². The molecule has 0 radical (unpaired) electrons. The van der Waals surface area contributed by atoms with Crippen LogP contribution in [0.4, 0.5) is 0 Å². The second kappa shape index (κ2) is 7.49. The van der Waals surface area contributed by atoms with Crippen LogP contribution in [0.3, 0.4) is 0 Å². The Morgan fingerprint density at radius 3 is 2.32 bits per heavy atom. The minimum absolute atomic E-state index is 0.00556. The monoisotopic (exact) mass is 307 g/mol. The highest BCUT2D eigenvalue weighted by molar-refractivity contribution is 5.95. The van der Waals surface area contributed by atoms with Gasteiger partial charge in [0.25, 0.3) is 5.91 Å². The van der Waals surface area contributed by atoms with Gasteiger partial charge in [-0.25, -0.2) is 0 Å². The van der Waals surface area contributed by atoms with Crippen molar-refractivity contribution >= 4 is 5.91 Å².